The van der Waals surface area contributed by atoms with Gasteiger partial charge in [0.15, 0.2) is 10.4 Å². The van der Waals surface area contributed by atoms with Gasteiger partial charge in [0.1, 0.15) is 0 Å². The van der Waals surface area contributed by atoms with Crippen molar-refractivity contribution in [1.29, 1.82) is 0 Å². The Hall–Kier alpha value is -0.720. The van der Waals surface area contributed by atoms with E-state index in [4.69, 9.17) is 12.2 Å². The number of aromatic amines is 1. The average molecular weight is 341 g/mol. The number of likely N-dealkylation sites (tertiary alicyclic amines) is 1. The summed E-state index contributed by atoms with van der Waals surface area (Å²) in [6.07, 6.45) is 4.24. The molecule has 1 saturated heterocycles. The second kappa shape index (κ2) is 5.34. The number of piperidine rings is 1. The normalized spacial score (nSPS) is 21.1. The Morgan fingerprint density at radius 1 is 1.58 bits per heavy atom. The molecule has 19 heavy (non-hydrogen) atoms. The number of aromatic nitrogens is 3. The number of pyridine rings is 1. The zero-order valence-electron chi connectivity index (χ0n) is 10.9. The Bertz CT molecular complexity index is 648. The molecule has 1 atom stereocenters. The third-order valence-electron chi connectivity index (χ3n) is 3.81. The lowest BCUT2D eigenvalue weighted by atomic mass is 10.1. The molecule has 1 N–H and O–H groups in total. The van der Waals surface area contributed by atoms with Crippen LogP contribution in [0.3, 0.4) is 0 Å². The van der Waals surface area contributed by atoms with Crippen LogP contribution in [0.2, 0.25) is 0 Å². The number of hydrogen-bond acceptors (Lipinski definition) is 3. The van der Waals surface area contributed by atoms with E-state index in [1.807, 2.05) is 12.3 Å². The van der Waals surface area contributed by atoms with Gasteiger partial charge >= 0.3 is 0 Å². The van der Waals surface area contributed by atoms with Crippen molar-refractivity contribution in [2.24, 2.45) is 0 Å². The van der Waals surface area contributed by atoms with Crippen molar-refractivity contribution in [2.45, 2.75) is 25.8 Å². The molecule has 0 spiro atoms. The lowest BCUT2D eigenvalue weighted by Crippen LogP contribution is -2.36. The number of fused-ring (bicyclic) bond motifs is 1. The first-order chi connectivity index (χ1) is 9.19. The molecule has 4 nitrogen and oxygen atoms in total. The maximum Gasteiger partial charge on any atom is 0.179 e. The molecule has 1 aliphatic heterocycles. The van der Waals surface area contributed by atoms with E-state index < -0.39 is 0 Å². The van der Waals surface area contributed by atoms with Crippen LogP contribution in [0.5, 0.6) is 0 Å². The minimum absolute atomic E-state index is 0.434. The van der Waals surface area contributed by atoms with E-state index in [1.54, 1.807) is 0 Å². The molecular formula is C13H17BrN4S. The summed E-state index contributed by atoms with van der Waals surface area (Å²) in [6, 6.07) is 2.47. The van der Waals surface area contributed by atoms with Crippen molar-refractivity contribution < 1.29 is 0 Å². The van der Waals surface area contributed by atoms with Gasteiger partial charge in [-0.05, 0) is 60.1 Å². The highest BCUT2D eigenvalue weighted by atomic mass is 79.9. The number of nitrogens with one attached hydrogen (secondary N) is 1. The molecule has 0 radical (unpaired) electrons. The van der Waals surface area contributed by atoms with Crippen LogP contribution in [0.15, 0.2) is 16.7 Å². The van der Waals surface area contributed by atoms with E-state index in [-0.39, 0.29) is 0 Å². The topological polar surface area (TPSA) is 36.9 Å². The third kappa shape index (κ3) is 2.49. The Morgan fingerprint density at radius 3 is 3.21 bits per heavy atom. The van der Waals surface area contributed by atoms with Crippen LogP contribution in [0.25, 0.3) is 11.2 Å². The highest BCUT2D eigenvalue weighted by molar-refractivity contribution is 9.10. The van der Waals surface area contributed by atoms with E-state index in [0.717, 1.165) is 33.5 Å². The second-order valence-corrected chi connectivity index (χ2v) is 6.32. The number of halogens is 1. The van der Waals surface area contributed by atoms with Gasteiger partial charge in [-0.3, -0.25) is 4.57 Å². The second-order valence-electron chi connectivity index (χ2n) is 5.01. The Balaban J connectivity index is 2.04. The first-order valence-corrected chi connectivity index (χ1v) is 7.87. The maximum absolute atomic E-state index is 5.49. The molecule has 3 rings (SSSR count). The van der Waals surface area contributed by atoms with Gasteiger partial charge in [-0.15, -0.1) is 0 Å². The molecule has 1 unspecified atom stereocenters. The molecule has 0 saturated carbocycles. The minimum Gasteiger partial charge on any atom is -0.329 e. The lowest BCUT2D eigenvalue weighted by molar-refractivity contribution is 0.186. The molecule has 3 heterocycles. The third-order valence-corrected chi connectivity index (χ3v) is 4.55. The predicted molar refractivity (Wildman–Crippen MR) is 83.0 cm³/mol. The van der Waals surface area contributed by atoms with Gasteiger partial charge in [0.25, 0.3) is 0 Å². The van der Waals surface area contributed by atoms with Gasteiger partial charge in [0.05, 0.1) is 11.6 Å². The number of hydrogen-bond donors (Lipinski definition) is 1. The van der Waals surface area contributed by atoms with Gasteiger partial charge in [-0.25, -0.2) is 4.98 Å². The van der Waals surface area contributed by atoms with Crippen LogP contribution in [0.4, 0.5) is 0 Å². The van der Waals surface area contributed by atoms with Crippen molar-refractivity contribution >= 4 is 39.3 Å². The highest BCUT2D eigenvalue weighted by Gasteiger charge is 2.22. The van der Waals surface area contributed by atoms with E-state index in [2.05, 4.69) is 42.3 Å². The molecule has 1 aliphatic rings. The molecule has 6 heteroatoms. The summed E-state index contributed by atoms with van der Waals surface area (Å²) >= 11 is 8.93. The van der Waals surface area contributed by atoms with E-state index in [9.17, 15) is 0 Å². The summed E-state index contributed by atoms with van der Waals surface area (Å²) in [5, 5.41) is 0. The number of imidazole rings is 1. The largest absolute Gasteiger partial charge is 0.329 e. The standard InChI is InChI=1S/C13H17BrN4S/c1-2-17-5-3-4-10(8-17)18-12-11(16-13(18)19)6-9(14)7-15-12/h6-7,10H,2-5,8H2,1H3,(H,16,19). The Labute approximate surface area is 126 Å². The summed E-state index contributed by atoms with van der Waals surface area (Å²) in [5.41, 5.74) is 1.98. The summed E-state index contributed by atoms with van der Waals surface area (Å²) in [5.74, 6) is 0. The van der Waals surface area contributed by atoms with Crippen LogP contribution in [0, 0.1) is 4.77 Å². The zero-order valence-corrected chi connectivity index (χ0v) is 13.3. The number of rotatable bonds is 2. The Morgan fingerprint density at radius 2 is 2.42 bits per heavy atom. The summed E-state index contributed by atoms with van der Waals surface area (Å²) in [6.45, 7) is 5.58. The molecule has 0 amide bonds. The van der Waals surface area contributed by atoms with Crippen LogP contribution in [-0.4, -0.2) is 39.1 Å². The minimum atomic E-state index is 0.434. The van der Waals surface area contributed by atoms with Crippen molar-refractivity contribution in [1.82, 2.24) is 19.4 Å². The van der Waals surface area contributed by atoms with Crippen molar-refractivity contribution in [3.05, 3.63) is 21.5 Å². The number of nitrogens with zero attached hydrogens (tertiary/aromatic N) is 3. The number of H-pyrrole nitrogens is 1. The Kier molecular flexibility index (Phi) is 3.73. The summed E-state index contributed by atoms with van der Waals surface area (Å²) < 4.78 is 3.95. The predicted octanol–water partition coefficient (Wildman–Crippen LogP) is 3.51. The SMILES string of the molecule is CCN1CCCC(n2c(=S)[nH]c3cc(Br)cnc32)C1. The first kappa shape index (κ1) is 13.3. The van der Waals surface area contributed by atoms with Gasteiger partial charge in [0, 0.05) is 17.2 Å². The molecule has 2 aromatic heterocycles. The lowest BCUT2D eigenvalue weighted by Gasteiger charge is -2.32. The van der Waals surface area contributed by atoms with Crippen molar-refractivity contribution in [3.8, 4) is 0 Å². The quantitative estimate of drug-likeness (QED) is 0.850. The molecule has 0 aliphatic carbocycles. The van der Waals surface area contributed by atoms with Gasteiger partial charge in [-0.2, -0.15) is 0 Å². The molecular weight excluding hydrogens is 324 g/mol. The monoisotopic (exact) mass is 340 g/mol. The summed E-state index contributed by atoms with van der Waals surface area (Å²) in [4.78, 5) is 10.3. The molecule has 1 fully saturated rings. The van der Waals surface area contributed by atoms with Gasteiger partial charge in [0.2, 0.25) is 0 Å². The van der Waals surface area contributed by atoms with E-state index in [1.165, 1.54) is 19.4 Å². The summed E-state index contributed by atoms with van der Waals surface area (Å²) in [7, 11) is 0. The van der Waals surface area contributed by atoms with Crippen LogP contribution in [-0.2, 0) is 0 Å². The van der Waals surface area contributed by atoms with Crippen molar-refractivity contribution in [3.63, 3.8) is 0 Å². The van der Waals surface area contributed by atoms with Crippen LogP contribution in [0.1, 0.15) is 25.8 Å². The number of likely N-dealkylation sites (N-methyl/N-ethyl adjacent to an activating group) is 1. The fourth-order valence-electron chi connectivity index (χ4n) is 2.86. The fraction of sp³-hybridized carbons (Fsp3) is 0.538. The van der Waals surface area contributed by atoms with E-state index in [0.29, 0.717) is 6.04 Å². The van der Waals surface area contributed by atoms with Gasteiger partial charge < -0.3 is 9.88 Å². The highest BCUT2D eigenvalue weighted by Crippen LogP contribution is 2.26. The smallest absolute Gasteiger partial charge is 0.179 e. The molecule has 2 aromatic rings. The first-order valence-electron chi connectivity index (χ1n) is 6.67. The van der Waals surface area contributed by atoms with Crippen LogP contribution < -0.4 is 0 Å². The zero-order chi connectivity index (χ0) is 13.4. The molecule has 102 valence electrons. The molecule has 0 bridgehead atoms. The van der Waals surface area contributed by atoms with Crippen molar-refractivity contribution in [2.75, 3.05) is 19.6 Å². The average Bonchev–Trinajstić information content (AvgIpc) is 2.73. The van der Waals surface area contributed by atoms with E-state index >= 15 is 0 Å². The molecule has 0 aromatic carbocycles. The fourth-order valence-corrected chi connectivity index (χ4v) is 3.53. The maximum atomic E-state index is 5.49. The van der Waals surface area contributed by atoms with Crippen LogP contribution >= 0.6 is 28.1 Å². The van der Waals surface area contributed by atoms with Gasteiger partial charge in [-0.1, -0.05) is 6.92 Å².